The number of nitrogens with two attached hydrogens (primary N) is 1. The van der Waals surface area contributed by atoms with Crippen LogP contribution in [0.1, 0.15) is 0 Å². The van der Waals surface area contributed by atoms with Crippen molar-refractivity contribution in [3.63, 3.8) is 0 Å². The van der Waals surface area contributed by atoms with Gasteiger partial charge in [-0.15, -0.1) is 0 Å². The van der Waals surface area contributed by atoms with Crippen LogP contribution < -0.4 is 16.6 Å². The Labute approximate surface area is 124 Å². The predicted octanol–water partition coefficient (Wildman–Crippen LogP) is 0.142. The zero-order valence-electron chi connectivity index (χ0n) is 12.3. The third kappa shape index (κ3) is 3.95. The molecule has 0 spiro atoms. The van der Waals surface area contributed by atoms with Crippen molar-refractivity contribution in [1.82, 2.24) is 19.8 Å². The third-order valence-electron chi connectivity index (χ3n) is 3.54. The first-order valence-corrected chi connectivity index (χ1v) is 7.87. The molecule has 1 aliphatic heterocycles. The Morgan fingerprint density at radius 1 is 1.35 bits per heavy atom. The van der Waals surface area contributed by atoms with Crippen molar-refractivity contribution in [3.8, 4) is 0 Å². The highest BCUT2D eigenvalue weighted by molar-refractivity contribution is 7.98. The number of aromatic nitrogens is 2. The average molecular weight is 297 g/mol. The van der Waals surface area contributed by atoms with E-state index in [4.69, 9.17) is 5.84 Å². The predicted molar refractivity (Wildman–Crippen MR) is 84.0 cm³/mol. The molecular formula is C12H23N7S. The van der Waals surface area contributed by atoms with Crippen molar-refractivity contribution in [2.75, 3.05) is 57.3 Å². The summed E-state index contributed by atoms with van der Waals surface area (Å²) in [5.41, 5.74) is 2.57. The van der Waals surface area contributed by atoms with Crippen LogP contribution in [0.4, 0.5) is 11.6 Å². The van der Waals surface area contributed by atoms with Gasteiger partial charge in [-0.2, -0.15) is 0 Å². The van der Waals surface area contributed by atoms with Crippen molar-refractivity contribution in [3.05, 3.63) is 6.07 Å². The average Bonchev–Trinajstić information content (AvgIpc) is 2.47. The van der Waals surface area contributed by atoms with Gasteiger partial charge >= 0.3 is 0 Å². The molecule has 7 nitrogen and oxygen atoms in total. The first-order valence-electron chi connectivity index (χ1n) is 6.64. The molecule has 1 atom stereocenters. The maximum Gasteiger partial charge on any atom is 0.191 e. The Morgan fingerprint density at radius 2 is 2.10 bits per heavy atom. The van der Waals surface area contributed by atoms with Gasteiger partial charge in [0, 0.05) is 38.3 Å². The number of nitrogens with zero attached hydrogens (tertiary/aromatic N) is 4. The fraction of sp³-hybridized carbons (Fsp3) is 0.667. The number of anilines is 2. The topological polar surface area (TPSA) is 82.3 Å². The Kier molecular flexibility index (Phi) is 5.41. The summed E-state index contributed by atoms with van der Waals surface area (Å²) in [6.45, 7) is 4.14. The van der Waals surface area contributed by atoms with Gasteiger partial charge in [0.15, 0.2) is 5.16 Å². The Hall–Kier alpha value is -1.09. The van der Waals surface area contributed by atoms with Gasteiger partial charge in [-0.05, 0) is 20.4 Å². The van der Waals surface area contributed by atoms with Crippen LogP contribution in [0.25, 0.3) is 0 Å². The Balaban J connectivity index is 1.99. The lowest BCUT2D eigenvalue weighted by molar-refractivity contribution is 0.122. The molecule has 0 radical (unpaired) electrons. The first-order chi connectivity index (χ1) is 9.62. The molecular weight excluding hydrogens is 274 g/mol. The molecule has 0 saturated carbocycles. The highest BCUT2D eigenvalue weighted by Gasteiger charge is 2.21. The SMILES string of the molecule is CSc1nc(NN)cc(NCC2CN(C)CCN2C)n1. The van der Waals surface area contributed by atoms with E-state index in [2.05, 4.69) is 44.6 Å². The summed E-state index contributed by atoms with van der Waals surface area (Å²) >= 11 is 1.50. The van der Waals surface area contributed by atoms with E-state index in [1.165, 1.54) is 11.8 Å². The number of hydrogen-bond donors (Lipinski definition) is 3. The van der Waals surface area contributed by atoms with Crippen molar-refractivity contribution in [1.29, 1.82) is 0 Å². The summed E-state index contributed by atoms with van der Waals surface area (Å²) in [5.74, 6) is 6.86. The van der Waals surface area contributed by atoms with Crippen LogP contribution in [-0.4, -0.2) is 72.3 Å². The second-order valence-electron chi connectivity index (χ2n) is 5.05. The number of piperazine rings is 1. The van der Waals surface area contributed by atoms with Crippen molar-refractivity contribution in [2.45, 2.75) is 11.2 Å². The molecule has 1 aromatic heterocycles. The number of likely N-dealkylation sites (N-methyl/N-ethyl adjacent to an activating group) is 2. The number of thioether (sulfide) groups is 1. The monoisotopic (exact) mass is 297 g/mol. The Bertz CT molecular complexity index is 420. The number of hydrogen-bond acceptors (Lipinski definition) is 8. The van der Waals surface area contributed by atoms with Crippen molar-refractivity contribution < 1.29 is 0 Å². The molecule has 1 aromatic rings. The normalized spacial score (nSPS) is 20.9. The molecule has 1 aliphatic rings. The van der Waals surface area contributed by atoms with E-state index in [1.807, 2.05) is 12.3 Å². The molecule has 1 fully saturated rings. The van der Waals surface area contributed by atoms with E-state index in [-0.39, 0.29) is 0 Å². The van der Waals surface area contributed by atoms with Crippen LogP contribution in [0.3, 0.4) is 0 Å². The minimum Gasteiger partial charge on any atom is -0.368 e. The van der Waals surface area contributed by atoms with Gasteiger partial charge in [-0.3, -0.25) is 4.90 Å². The smallest absolute Gasteiger partial charge is 0.191 e. The summed E-state index contributed by atoms with van der Waals surface area (Å²) in [6, 6.07) is 2.31. The van der Waals surface area contributed by atoms with Crippen molar-refractivity contribution >= 4 is 23.4 Å². The van der Waals surface area contributed by atoms with E-state index in [1.54, 1.807) is 0 Å². The molecule has 0 bridgehead atoms. The molecule has 20 heavy (non-hydrogen) atoms. The lowest BCUT2D eigenvalue weighted by Crippen LogP contribution is -2.52. The number of rotatable bonds is 5. The van der Waals surface area contributed by atoms with Crippen LogP contribution in [0.15, 0.2) is 11.2 Å². The van der Waals surface area contributed by atoms with Crippen LogP contribution >= 0.6 is 11.8 Å². The molecule has 8 heteroatoms. The highest BCUT2D eigenvalue weighted by atomic mass is 32.2. The molecule has 1 unspecified atom stereocenters. The standard InChI is InChI=1S/C12H23N7S/c1-18-4-5-19(2)9(8-18)7-14-10-6-11(17-13)16-12(15-10)20-3/h6,9H,4-5,7-8,13H2,1-3H3,(H2,14,15,16,17). The van der Waals surface area contributed by atoms with E-state index in [9.17, 15) is 0 Å². The Morgan fingerprint density at radius 3 is 2.80 bits per heavy atom. The molecule has 2 rings (SSSR count). The summed E-state index contributed by atoms with van der Waals surface area (Å²) < 4.78 is 0. The van der Waals surface area contributed by atoms with Crippen LogP contribution in [0.2, 0.25) is 0 Å². The molecule has 112 valence electrons. The van der Waals surface area contributed by atoms with E-state index >= 15 is 0 Å². The molecule has 4 N–H and O–H groups in total. The van der Waals surface area contributed by atoms with Gasteiger partial charge in [0.1, 0.15) is 11.6 Å². The maximum absolute atomic E-state index is 5.43. The zero-order chi connectivity index (χ0) is 14.5. The largest absolute Gasteiger partial charge is 0.368 e. The molecule has 1 saturated heterocycles. The zero-order valence-corrected chi connectivity index (χ0v) is 13.1. The summed E-state index contributed by atoms with van der Waals surface area (Å²) in [5, 5.41) is 4.09. The number of hydrazine groups is 1. The van der Waals surface area contributed by atoms with Crippen molar-refractivity contribution in [2.24, 2.45) is 5.84 Å². The quantitative estimate of drug-likeness (QED) is 0.306. The van der Waals surface area contributed by atoms with E-state index in [0.717, 1.165) is 32.0 Å². The van der Waals surface area contributed by atoms with Crippen LogP contribution in [-0.2, 0) is 0 Å². The second-order valence-corrected chi connectivity index (χ2v) is 5.82. The highest BCUT2D eigenvalue weighted by Crippen LogP contribution is 2.17. The van der Waals surface area contributed by atoms with Gasteiger partial charge in [0.05, 0.1) is 0 Å². The van der Waals surface area contributed by atoms with Gasteiger partial charge in [0.25, 0.3) is 0 Å². The molecule has 0 aromatic carbocycles. The summed E-state index contributed by atoms with van der Waals surface area (Å²) in [7, 11) is 4.33. The van der Waals surface area contributed by atoms with Crippen LogP contribution in [0, 0.1) is 0 Å². The molecule has 0 amide bonds. The minimum atomic E-state index is 0.482. The van der Waals surface area contributed by atoms with Gasteiger partial charge in [0.2, 0.25) is 0 Å². The second kappa shape index (κ2) is 7.07. The lowest BCUT2D eigenvalue weighted by Gasteiger charge is -2.37. The molecule has 0 aliphatic carbocycles. The number of nitrogen functional groups attached to an aromatic ring is 1. The minimum absolute atomic E-state index is 0.482. The third-order valence-corrected chi connectivity index (χ3v) is 4.08. The summed E-state index contributed by atoms with van der Waals surface area (Å²) in [4.78, 5) is 13.4. The number of nitrogens with one attached hydrogen (secondary N) is 2. The fourth-order valence-corrected chi connectivity index (χ4v) is 2.60. The van der Waals surface area contributed by atoms with Gasteiger partial charge < -0.3 is 15.6 Å². The van der Waals surface area contributed by atoms with Gasteiger partial charge in [-0.25, -0.2) is 15.8 Å². The van der Waals surface area contributed by atoms with Gasteiger partial charge in [-0.1, -0.05) is 11.8 Å². The van der Waals surface area contributed by atoms with Crippen LogP contribution in [0.5, 0.6) is 0 Å². The lowest BCUT2D eigenvalue weighted by atomic mass is 10.2. The van der Waals surface area contributed by atoms with E-state index in [0.29, 0.717) is 17.0 Å². The van der Waals surface area contributed by atoms with E-state index < -0.39 is 0 Å². The maximum atomic E-state index is 5.43. The fourth-order valence-electron chi connectivity index (χ4n) is 2.23. The first kappa shape index (κ1) is 15.3. The summed E-state index contributed by atoms with van der Waals surface area (Å²) in [6.07, 6.45) is 1.95. The molecule has 2 heterocycles.